The van der Waals surface area contributed by atoms with E-state index < -0.39 is 15.3 Å². The van der Waals surface area contributed by atoms with Crippen molar-refractivity contribution in [2.75, 3.05) is 4.90 Å². The van der Waals surface area contributed by atoms with Crippen LogP contribution < -0.4 is 10.0 Å². The first kappa shape index (κ1) is 16.6. The molecule has 0 radical (unpaired) electrons. The molecule has 9 heteroatoms. The fourth-order valence-corrected chi connectivity index (χ4v) is 3.83. The number of hydrogen-bond donors (Lipinski definition) is 1. The molecule has 24 heavy (non-hydrogen) atoms. The van der Waals surface area contributed by atoms with Crippen LogP contribution in [0.3, 0.4) is 0 Å². The summed E-state index contributed by atoms with van der Waals surface area (Å²) in [7, 11) is -3.82. The van der Waals surface area contributed by atoms with Crippen LogP contribution in [-0.2, 0) is 19.6 Å². The van der Waals surface area contributed by atoms with Gasteiger partial charge in [-0.25, -0.2) is 23.4 Å². The number of carbonyl (C=O) groups excluding carboxylic acids is 2. The lowest BCUT2D eigenvalue weighted by molar-refractivity contribution is -0.121. The molecule has 2 amide bonds. The highest BCUT2D eigenvalue weighted by Gasteiger charge is 2.40. The van der Waals surface area contributed by atoms with Crippen LogP contribution in [0.5, 0.6) is 0 Å². The van der Waals surface area contributed by atoms with Crippen molar-refractivity contribution in [1.29, 1.82) is 0 Å². The molecule has 0 aliphatic carbocycles. The van der Waals surface area contributed by atoms with E-state index in [0.29, 0.717) is 10.7 Å². The summed E-state index contributed by atoms with van der Waals surface area (Å²) in [6, 6.07) is 10.7. The van der Waals surface area contributed by atoms with Crippen molar-refractivity contribution in [1.82, 2.24) is 4.98 Å². The Bertz CT molecular complexity index is 883. The van der Waals surface area contributed by atoms with Crippen LogP contribution in [-0.4, -0.2) is 30.5 Å². The maximum Gasteiger partial charge on any atom is 0.247 e. The van der Waals surface area contributed by atoms with Gasteiger partial charge >= 0.3 is 0 Å². The maximum atomic E-state index is 12.5. The van der Waals surface area contributed by atoms with Crippen molar-refractivity contribution in [2.24, 2.45) is 5.14 Å². The lowest BCUT2D eigenvalue weighted by atomic mass is 10.3. The van der Waals surface area contributed by atoms with Gasteiger partial charge in [0.2, 0.25) is 21.8 Å². The number of carbonyl (C=O) groups is 2. The first-order chi connectivity index (χ1) is 11.4. The number of benzene rings is 1. The van der Waals surface area contributed by atoms with Gasteiger partial charge in [-0.1, -0.05) is 17.8 Å². The summed E-state index contributed by atoms with van der Waals surface area (Å²) >= 11 is 1.23. The number of hydrogen-bond acceptors (Lipinski definition) is 6. The fourth-order valence-electron chi connectivity index (χ4n) is 2.31. The zero-order valence-corrected chi connectivity index (χ0v) is 14.0. The molecule has 1 aromatic heterocycles. The average molecular weight is 363 g/mol. The van der Waals surface area contributed by atoms with Gasteiger partial charge in [0.1, 0.15) is 0 Å². The third kappa shape index (κ3) is 3.32. The quantitative estimate of drug-likeness (QED) is 0.816. The van der Waals surface area contributed by atoms with E-state index >= 15 is 0 Å². The topological polar surface area (TPSA) is 110 Å². The van der Waals surface area contributed by atoms with Crippen molar-refractivity contribution >= 4 is 39.3 Å². The molecule has 0 bridgehead atoms. The van der Waals surface area contributed by atoms with Gasteiger partial charge in [0.15, 0.2) is 0 Å². The van der Waals surface area contributed by atoms with Crippen LogP contribution in [0.15, 0.2) is 58.6 Å². The second-order valence-corrected chi connectivity index (χ2v) is 7.87. The summed E-state index contributed by atoms with van der Waals surface area (Å²) in [6.45, 7) is 0. The SMILES string of the molecule is NS(=O)(=O)c1ccc(N2C(=O)CC(Sc3ccccn3)C2=O)cc1. The number of sulfonamides is 1. The Labute approximate surface area is 142 Å². The summed E-state index contributed by atoms with van der Waals surface area (Å²) in [4.78, 5) is 29.8. The van der Waals surface area contributed by atoms with Gasteiger partial charge in [-0.15, -0.1) is 0 Å². The molecule has 1 atom stereocenters. The number of amides is 2. The number of thioether (sulfide) groups is 1. The number of pyridine rings is 1. The van der Waals surface area contributed by atoms with Crippen LogP contribution in [0.25, 0.3) is 0 Å². The molecule has 124 valence electrons. The Hall–Kier alpha value is -2.23. The van der Waals surface area contributed by atoms with E-state index in [1.54, 1.807) is 24.4 Å². The number of nitrogens with two attached hydrogens (primary N) is 1. The largest absolute Gasteiger partial charge is 0.274 e. The van der Waals surface area contributed by atoms with E-state index in [4.69, 9.17) is 5.14 Å². The van der Waals surface area contributed by atoms with Crippen molar-refractivity contribution < 1.29 is 18.0 Å². The number of rotatable bonds is 4. The van der Waals surface area contributed by atoms with Gasteiger partial charge in [0, 0.05) is 12.6 Å². The summed E-state index contributed by atoms with van der Waals surface area (Å²) in [5.41, 5.74) is 0.321. The number of imide groups is 1. The van der Waals surface area contributed by atoms with Crippen molar-refractivity contribution in [3.8, 4) is 0 Å². The lowest BCUT2D eigenvalue weighted by Gasteiger charge is -2.15. The molecule has 0 saturated carbocycles. The highest BCUT2D eigenvalue weighted by molar-refractivity contribution is 8.00. The zero-order valence-electron chi connectivity index (χ0n) is 12.3. The smallest absolute Gasteiger partial charge is 0.247 e. The third-order valence-corrected chi connectivity index (χ3v) is 5.49. The molecule has 2 aromatic rings. The molecule has 1 aliphatic rings. The van der Waals surface area contributed by atoms with Crippen molar-refractivity contribution in [3.05, 3.63) is 48.7 Å². The zero-order chi connectivity index (χ0) is 17.3. The molecule has 1 saturated heterocycles. The first-order valence-corrected chi connectivity index (χ1v) is 9.36. The molecule has 1 aromatic carbocycles. The number of nitrogens with zero attached hydrogens (tertiary/aromatic N) is 2. The molecule has 2 heterocycles. The number of aromatic nitrogens is 1. The van der Waals surface area contributed by atoms with Gasteiger partial charge in [0.05, 0.1) is 20.9 Å². The van der Waals surface area contributed by atoms with Crippen LogP contribution in [0.1, 0.15) is 6.42 Å². The normalized spacial score (nSPS) is 18.2. The molecule has 1 fully saturated rings. The predicted molar refractivity (Wildman–Crippen MR) is 88.8 cm³/mol. The minimum Gasteiger partial charge on any atom is -0.274 e. The van der Waals surface area contributed by atoms with E-state index in [1.807, 2.05) is 0 Å². The van der Waals surface area contributed by atoms with Crippen LogP contribution >= 0.6 is 11.8 Å². The van der Waals surface area contributed by atoms with Gasteiger partial charge in [-0.2, -0.15) is 0 Å². The minimum absolute atomic E-state index is 0.0665. The highest BCUT2D eigenvalue weighted by Crippen LogP contribution is 2.33. The lowest BCUT2D eigenvalue weighted by Crippen LogP contribution is -2.31. The standard InChI is InChI=1S/C15H13N3O4S2/c16-24(21,22)11-6-4-10(5-7-11)18-14(19)9-12(15(18)20)23-13-3-1-2-8-17-13/h1-8,12H,9H2,(H2,16,21,22). The molecular formula is C15H13N3O4S2. The fraction of sp³-hybridized carbons (Fsp3) is 0.133. The Morgan fingerprint density at radius 1 is 1.12 bits per heavy atom. The molecule has 3 rings (SSSR count). The van der Waals surface area contributed by atoms with Crippen molar-refractivity contribution in [2.45, 2.75) is 21.6 Å². The maximum absolute atomic E-state index is 12.5. The van der Waals surface area contributed by atoms with E-state index in [9.17, 15) is 18.0 Å². The second kappa shape index (κ2) is 6.34. The summed E-state index contributed by atoms with van der Waals surface area (Å²) in [6.07, 6.45) is 1.68. The van der Waals surface area contributed by atoms with E-state index in [0.717, 1.165) is 4.90 Å². The molecule has 1 aliphatic heterocycles. The Morgan fingerprint density at radius 3 is 2.42 bits per heavy atom. The minimum atomic E-state index is -3.82. The van der Waals surface area contributed by atoms with Gasteiger partial charge in [0.25, 0.3) is 0 Å². The summed E-state index contributed by atoms with van der Waals surface area (Å²) in [5.74, 6) is -0.684. The third-order valence-electron chi connectivity index (χ3n) is 3.43. The number of anilines is 1. The van der Waals surface area contributed by atoms with Gasteiger partial charge < -0.3 is 0 Å². The molecule has 1 unspecified atom stereocenters. The average Bonchev–Trinajstić information content (AvgIpc) is 2.82. The highest BCUT2D eigenvalue weighted by atomic mass is 32.2. The van der Waals surface area contributed by atoms with Crippen molar-refractivity contribution in [3.63, 3.8) is 0 Å². The molecule has 7 nitrogen and oxygen atoms in total. The number of primary sulfonamides is 1. The van der Waals surface area contributed by atoms with Gasteiger partial charge in [-0.05, 0) is 36.4 Å². The van der Waals surface area contributed by atoms with Gasteiger partial charge in [-0.3, -0.25) is 9.59 Å². The van der Waals surface area contributed by atoms with Crippen LogP contribution in [0, 0.1) is 0 Å². The van der Waals surface area contributed by atoms with Crippen LogP contribution in [0.4, 0.5) is 5.69 Å². The second-order valence-electron chi connectivity index (χ2n) is 5.08. The first-order valence-electron chi connectivity index (χ1n) is 6.93. The van der Waals surface area contributed by atoms with E-state index in [2.05, 4.69) is 4.98 Å². The Balaban J connectivity index is 1.82. The monoisotopic (exact) mass is 363 g/mol. The predicted octanol–water partition coefficient (Wildman–Crippen LogP) is 1.15. The molecule has 0 spiro atoms. The summed E-state index contributed by atoms with van der Waals surface area (Å²) in [5, 5.41) is 5.15. The van der Waals surface area contributed by atoms with E-state index in [-0.39, 0.29) is 23.1 Å². The molecule has 2 N–H and O–H groups in total. The Kier molecular flexibility index (Phi) is 4.39. The summed E-state index contributed by atoms with van der Waals surface area (Å²) < 4.78 is 22.5. The molecular weight excluding hydrogens is 350 g/mol. The van der Waals surface area contributed by atoms with E-state index in [1.165, 1.54) is 36.0 Å². The van der Waals surface area contributed by atoms with Crippen LogP contribution in [0.2, 0.25) is 0 Å². The Morgan fingerprint density at radius 2 is 1.83 bits per heavy atom.